The van der Waals surface area contributed by atoms with Crippen LogP contribution in [0.5, 0.6) is 0 Å². The number of amides is 2. The molecule has 2 amide bonds. The Morgan fingerprint density at radius 3 is 2.33 bits per heavy atom. The molecule has 3 rings (SSSR count). The Balaban J connectivity index is 1.85. The van der Waals surface area contributed by atoms with Crippen molar-refractivity contribution in [1.29, 1.82) is 0 Å². The number of aryl methyl sites for hydroxylation is 1. The predicted molar refractivity (Wildman–Crippen MR) is 104 cm³/mol. The third-order valence-electron chi connectivity index (χ3n) is 4.64. The van der Waals surface area contributed by atoms with Crippen LogP contribution < -0.4 is 5.32 Å². The Kier molecular flexibility index (Phi) is 4.89. The molecule has 1 heterocycles. The molecule has 7 heteroatoms. The van der Waals surface area contributed by atoms with Gasteiger partial charge in [-0.3, -0.25) is 9.59 Å². The van der Waals surface area contributed by atoms with Gasteiger partial charge >= 0.3 is 0 Å². The first-order valence-electron chi connectivity index (χ1n) is 8.43. The lowest BCUT2D eigenvalue weighted by molar-refractivity contribution is -0.126. The summed E-state index contributed by atoms with van der Waals surface area (Å²) in [5.74, 6) is -1.24. The second kappa shape index (κ2) is 7.00. The second-order valence-corrected chi connectivity index (χ2v) is 8.23. The number of nitrogens with zero attached hydrogens (tertiary/aromatic N) is 1. The van der Waals surface area contributed by atoms with Crippen LogP contribution >= 0.6 is 0 Å². The lowest BCUT2D eigenvalue weighted by Crippen LogP contribution is -2.38. The van der Waals surface area contributed by atoms with E-state index in [9.17, 15) is 18.0 Å². The smallest absolute Gasteiger partial charge is 0.268 e. The Hall–Kier alpha value is -2.93. The molecule has 0 spiro atoms. The maximum Gasteiger partial charge on any atom is 0.268 e. The summed E-state index contributed by atoms with van der Waals surface area (Å²) >= 11 is 0. The van der Waals surface area contributed by atoms with Crippen molar-refractivity contribution in [2.45, 2.75) is 20.8 Å². The van der Waals surface area contributed by atoms with Gasteiger partial charge in [-0.1, -0.05) is 42.5 Å². The highest BCUT2D eigenvalue weighted by molar-refractivity contribution is 7.99. The van der Waals surface area contributed by atoms with Crippen molar-refractivity contribution in [1.82, 2.24) is 4.31 Å². The van der Waals surface area contributed by atoms with Gasteiger partial charge in [-0.2, -0.15) is 0 Å². The number of hydrogen-bond acceptors (Lipinski definition) is 4. The molecule has 0 saturated carbocycles. The van der Waals surface area contributed by atoms with Crippen molar-refractivity contribution in [3.63, 3.8) is 0 Å². The van der Waals surface area contributed by atoms with Crippen LogP contribution in [-0.4, -0.2) is 31.1 Å². The predicted octanol–water partition coefficient (Wildman–Crippen LogP) is 2.85. The van der Waals surface area contributed by atoms with Crippen LogP contribution in [0.2, 0.25) is 0 Å². The van der Waals surface area contributed by atoms with Gasteiger partial charge in [0.15, 0.2) is 0 Å². The fourth-order valence-corrected chi connectivity index (χ4v) is 4.79. The fraction of sp³-hybridized carbons (Fsp3) is 0.200. The zero-order chi connectivity index (χ0) is 19.8. The monoisotopic (exact) mass is 384 g/mol. The van der Waals surface area contributed by atoms with E-state index in [1.165, 1.54) is 6.92 Å². The van der Waals surface area contributed by atoms with E-state index >= 15 is 0 Å². The summed E-state index contributed by atoms with van der Waals surface area (Å²) in [6.45, 7) is 4.67. The molecular formula is C20H20N2O4S. The van der Waals surface area contributed by atoms with Crippen molar-refractivity contribution in [2.24, 2.45) is 0 Å². The van der Waals surface area contributed by atoms with Gasteiger partial charge in [0.25, 0.3) is 15.9 Å². The molecule has 0 bridgehead atoms. The maximum atomic E-state index is 12.9. The van der Waals surface area contributed by atoms with Gasteiger partial charge in [0.2, 0.25) is 5.91 Å². The average Bonchev–Trinajstić information content (AvgIpc) is 2.79. The minimum absolute atomic E-state index is 0.0485. The highest BCUT2D eigenvalue weighted by Crippen LogP contribution is 2.35. The Bertz CT molecular complexity index is 1060. The third-order valence-corrected chi connectivity index (χ3v) is 6.57. The van der Waals surface area contributed by atoms with Gasteiger partial charge in [0, 0.05) is 11.3 Å². The Labute approximate surface area is 158 Å². The molecule has 140 valence electrons. The van der Waals surface area contributed by atoms with Crippen LogP contribution in [0.4, 0.5) is 5.69 Å². The molecule has 0 aromatic heterocycles. The molecule has 0 radical (unpaired) electrons. The van der Waals surface area contributed by atoms with Crippen LogP contribution in [0.15, 0.2) is 54.1 Å². The molecule has 27 heavy (non-hydrogen) atoms. The lowest BCUT2D eigenvalue weighted by atomic mass is 10.1. The highest BCUT2D eigenvalue weighted by atomic mass is 32.2. The van der Waals surface area contributed by atoms with Gasteiger partial charge in [-0.25, -0.2) is 12.7 Å². The standard InChI is InChI=1S/C20H20N2O4S/c1-13-8-7-11-17(14(13)2)21-18(23)12-22-20(24)15(3)19(27(22,25)26)16-9-5-4-6-10-16/h4-11H,12H2,1-3H3,(H,21,23). The number of anilines is 1. The molecule has 0 aliphatic carbocycles. The van der Waals surface area contributed by atoms with Gasteiger partial charge in [-0.15, -0.1) is 0 Å². The molecule has 2 aromatic carbocycles. The largest absolute Gasteiger partial charge is 0.324 e. The summed E-state index contributed by atoms with van der Waals surface area (Å²) in [5, 5.41) is 2.69. The molecule has 0 saturated heterocycles. The maximum absolute atomic E-state index is 12.9. The van der Waals surface area contributed by atoms with Crippen LogP contribution in [0.25, 0.3) is 4.91 Å². The Morgan fingerprint density at radius 1 is 1.00 bits per heavy atom. The average molecular weight is 384 g/mol. The van der Waals surface area contributed by atoms with Crippen molar-refractivity contribution < 1.29 is 18.0 Å². The zero-order valence-electron chi connectivity index (χ0n) is 15.3. The van der Waals surface area contributed by atoms with E-state index in [-0.39, 0.29) is 10.5 Å². The van der Waals surface area contributed by atoms with Crippen LogP contribution in [-0.2, 0) is 19.6 Å². The van der Waals surface area contributed by atoms with E-state index < -0.39 is 28.4 Å². The minimum atomic E-state index is -4.08. The molecule has 2 aromatic rings. The summed E-state index contributed by atoms with van der Waals surface area (Å²) < 4.78 is 26.4. The van der Waals surface area contributed by atoms with Crippen molar-refractivity contribution in [3.05, 3.63) is 70.8 Å². The van der Waals surface area contributed by atoms with E-state index in [0.717, 1.165) is 11.1 Å². The number of nitrogens with one attached hydrogen (secondary N) is 1. The van der Waals surface area contributed by atoms with Crippen molar-refractivity contribution >= 4 is 32.4 Å². The molecule has 1 N–H and O–H groups in total. The zero-order valence-corrected chi connectivity index (χ0v) is 16.1. The second-order valence-electron chi connectivity index (χ2n) is 6.43. The quantitative estimate of drug-likeness (QED) is 0.879. The van der Waals surface area contributed by atoms with E-state index in [1.54, 1.807) is 42.5 Å². The molecule has 1 aliphatic rings. The number of carbonyl (C=O) groups excluding carboxylic acids is 2. The van der Waals surface area contributed by atoms with Crippen molar-refractivity contribution in [2.75, 3.05) is 11.9 Å². The number of hydrogen-bond donors (Lipinski definition) is 1. The molecule has 0 atom stereocenters. The minimum Gasteiger partial charge on any atom is -0.324 e. The normalized spacial score (nSPS) is 16.0. The molecular weight excluding hydrogens is 364 g/mol. The van der Waals surface area contributed by atoms with Gasteiger partial charge in [0.1, 0.15) is 11.4 Å². The highest BCUT2D eigenvalue weighted by Gasteiger charge is 2.43. The van der Waals surface area contributed by atoms with Gasteiger partial charge in [0.05, 0.1) is 0 Å². The van der Waals surface area contributed by atoms with E-state index in [1.807, 2.05) is 19.9 Å². The molecule has 0 unspecified atom stereocenters. The Morgan fingerprint density at radius 2 is 1.67 bits per heavy atom. The summed E-state index contributed by atoms with van der Waals surface area (Å²) in [7, 11) is -4.08. The third kappa shape index (κ3) is 3.38. The number of rotatable bonds is 4. The molecule has 0 fully saturated rings. The number of benzene rings is 2. The van der Waals surface area contributed by atoms with Crippen molar-refractivity contribution in [3.8, 4) is 0 Å². The first kappa shape index (κ1) is 18.8. The molecule has 1 aliphatic heterocycles. The van der Waals surface area contributed by atoms with Gasteiger partial charge in [-0.05, 0) is 43.5 Å². The number of sulfonamides is 1. The van der Waals surface area contributed by atoms with Gasteiger partial charge < -0.3 is 5.32 Å². The topological polar surface area (TPSA) is 83.6 Å². The summed E-state index contributed by atoms with van der Waals surface area (Å²) in [6.07, 6.45) is 0. The summed E-state index contributed by atoms with van der Waals surface area (Å²) in [6, 6.07) is 13.9. The first-order valence-corrected chi connectivity index (χ1v) is 9.87. The summed E-state index contributed by atoms with van der Waals surface area (Å²) in [5.41, 5.74) is 3.03. The SMILES string of the molecule is CC1=C(c2ccccc2)S(=O)(=O)N(CC(=O)Nc2cccc(C)c2C)C1=O. The van der Waals surface area contributed by atoms with E-state index in [4.69, 9.17) is 0 Å². The van der Waals surface area contributed by atoms with Crippen LogP contribution in [0.3, 0.4) is 0 Å². The first-order chi connectivity index (χ1) is 12.7. The summed E-state index contributed by atoms with van der Waals surface area (Å²) in [4.78, 5) is 24.9. The molecule has 6 nitrogen and oxygen atoms in total. The van der Waals surface area contributed by atoms with Crippen LogP contribution in [0, 0.1) is 13.8 Å². The fourth-order valence-electron chi connectivity index (χ4n) is 3.02. The number of carbonyl (C=O) groups is 2. The van der Waals surface area contributed by atoms with E-state index in [0.29, 0.717) is 15.6 Å². The van der Waals surface area contributed by atoms with E-state index in [2.05, 4.69) is 5.32 Å². The van der Waals surface area contributed by atoms with Crippen LogP contribution in [0.1, 0.15) is 23.6 Å². The lowest BCUT2D eigenvalue weighted by Gasteiger charge is -2.17.